The normalized spacial score (nSPS) is 11.1. The summed E-state index contributed by atoms with van der Waals surface area (Å²) in [5.41, 5.74) is 6.65. The maximum absolute atomic E-state index is 13.1. The van der Waals surface area contributed by atoms with Crippen molar-refractivity contribution < 1.29 is 14.7 Å². The van der Waals surface area contributed by atoms with Gasteiger partial charge >= 0.3 is 12.0 Å². The van der Waals surface area contributed by atoms with Gasteiger partial charge in [0.1, 0.15) is 0 Å². The molecule has 0 unspecified atom stereocenters. The fourth-order valence-electron chi connectivity index (χ4n) is 4.47. The number of carbonyl (C=O) groups is 2. The molecular weight excluding hydrogens is 474 g/mol. The molecule has 0 spiro atoms. The van der Waals surface area contributed by atoms with Gasteiger partial charge in [-0.3, -0.25) is 0 Å². The first-order valence-corrected chi connectivity index (χ1v) is 12.5. The molecule has 2 amide bonds. The third kappa shape index (κ3) is 5.86. The third-order valence-electron chi connectivity index (χ3n) is 6.46. The van der Waals surface area contributed by atoms with Crippen molar-refractivity contribution in [2.75, 3.05) is 22.6 Å². The average Bonchev–Trinajstić information content (AvgIpc) is 2.89. The number of amides is 2. The van der Waals surface area contributed by atoms with Crippen molar-refractivity contribution in [3.8, 4) is 11.1 Å². The lowest BCUT2D eigenvalue weighted by Gasteiger charge is -2.30. The van der Waals surface area contributed by atoms with Gasteiger partial charge in [0.25, 0.3) is 0 Å². The highest BCUT2D eigenvalue weighted by molar-refractivity contribution is 6.03. The van der Waals surface area contributed by atoms with E-state index in [9.17, 15) is 14.7 Å². The topological polar surface area (TPSA) is 81.7 Å². The Morgan fingerprint density at radius 3 is 2.13 bits per heavy atom. The minimum atomic E-state index is -1.01. The van der Waals surface area contributed by atoms with E-state index in [1.54, 1.807) is 24.3 Å². The molecular formula is C32H33N3O3. The third-order valence-corrected chi connectivity index (χ3v) is 6.46. The van der Waals surface area contributed by atoms with Crippen molar-refractivity contribution >= 4 is 34.7 Å². The molecule has 0 aliphatic rings. The molecule has 0 aliphatic carbocycles. The van der Waals surface area contributed by atoms with Crippen LogP contribution in [0.1, 0.15) is 42.3 Å². The molecule has 4 rings (SSSR count). The summed E-state index contributed by atoms with van der Waals surface area (Å²) in [6.45, 7) is 8.49. The van der Waals surface area contributed by atoms with Gasteiger partial charge in [0, 0.05) is 18.4 Å². The fraction of sp³-hybridized carbons (Fsp3) is 0.188. The number of para-hydroxylation sites is 1. The van der Waals surface area contributed by atoms with E-state index in [1.807, 2.05) is 68.6 Å². The van der Waals surface area contributed by atoms with Crippen LogP contribution in [-0.4, -0.2) is 24.2 Å². The van der Waals surface area contributed by atoms with Gasteiger partial charge < -0.3 is 20.6 Å². The number of hydrogen-bond acceptors (Lipinski definition) is 3. The molecule has 0 aromatic heterocycles. The largest absolute Gasteiger partial charge is 0.478 e. The lowest BCUT2D eigenvalue weighted by molar-refractivity contribution is 0.0697. The Hall–Kier alpha value is -4.58. The van der Waals surface area contributed by atoms with Gasteiger partial charge in [-0.1, -0.05) is 80.9 Å². The number of urea groups is 1. The van der Waals surface area contributed by atoms with Crippen molar-refractivity contribution in [1.82, 2.24) is 0 Å². The second-order valence-electron chi connectivity index (χ2n) is 10.4. The lowest BCUT2D eigenvalue weighted by Crippen LogP contribution is -2.23. The highest BCUT2D eigenvalue weighted by Gasteiger charge is 2.22. The zero-order valence-corrected chi connectivity index (χ0v) is 22.4. The molecule has 0 heterocycles. The number of carbonyl (C=O) groups excluding carboxylic acids is 1. The van der Waals surface area contributed by atoms with Crippen LogP contribution in [0.25, 0.3) is 11.1 Å². The van der Waals surface area contributed by atoms with Gasteiger partial charge in [-0.25, -0.2) is 9.59 Å². The second kappa shape index (κ2) is 10.8. The van der Waals surface area contributed by atoms with Crippen molar-refractivity contribution in [2.45, 2.75) is 33.1 Å². The van der Waals surface area contributed by atoms with Gasteiger partial charge in [0.05, 0.1) is 16.9 Å². The van der Waals surface area contributed by atoms with Crippen molar-refractivity contribution in [3.05, 3.63) is 108 Å². The second-order valence-corrected chi connectivity index (χ2v) is 10.4. The van der Waals surface area contributed by atoms with Gasteiger partial charge in [-0.05, 0) is 65.4 Å². The molecule has 6 nitrogen and oxygen atoms in total. The number of hydrogen-bond donors (Lipinski definition) is 3. The van der Waals surface area contributed by atoms with E-state index < -0.39 is 12.0 Å². The van der Waals surface area contributed by atoms with Crippen molar-refractivity contribution in [2.24, 2.45) is 0 Å². The monoisotopic (exact) mass is 507 g/mol. The van der Waals surface area contributed by atoms with Gasteiger partial charge in [-0.15, -0.1) is 0 Å². The highest BCUT2D eigenvalue weighted by atomic mass is 16.4. The fourth-order valence-corrected chi connectivity index (χ4v) is 4.47. The number of carboxylic acids is 1. The highest BCUT2D eigenvalue weighted by Crippen LogP contribution is 2.39. The summed E-state index contributed by atoms with van der Waals surface area (Å²) in [7, 11) is 1.97. The molecule has 6 heteroatoms. The smallest absolute Gasteiger partial charge is 0.336 e. The lowest BCUT2D eigenvalue weighted by atomic mass is 9.85. The van der Waals surface area contributed by atoms with E-state index in [-0.39, 0.29) is 11.0 Å². The molecule has 38 heavy (non-hydrogen) atoms. The SMILES string of the molecule is Cc1ccc(NC(=O)Nc2cc(-c3ccccc3C(=O)O)ccc2N(C)c2ccccc2C(C)(C)C)cc1. The van der Waals surface area contributed by atoms with Gasteiger partial charge in [-0.2, -0.15) is 0 Å². The van der Waals surface area contributed by atoms with Crippen LogP contribution in [0.3, 0.4) is 0 Å². The maximum Gasteiger partial charge on any atom is 0.336 e. The predicted octanol–water partition coefficient (Wildman–Crippen LogP) is 8.07. The van der Waals surface area contributed by atoms with Crippen LogP contribution in [0, 0.1) is 6.92 Å². The Balaban J connectivity index is 1.79. The number of anilines is 4. The summed E-state index contributed by atoms with van der Waals surface area (Å²) in [5.74, 6) is -1.01. The van der Waals surface area contributed by atoms with E-state index in [0.29, 0.717) is 22.5 Å². The zero-order valence-electron chi connectivity index (χ0n) is 22.4. The molecule has 0 saturated heterocycles. The molecule has 194 valence electrons. The quantitative estimate of drug-likeness (QED) is 0.246. The number of aryl methyl sites for hydroxylation is 1. The summed E-state index contributed by atoms with van der Waals surface area (Å²) in [6.07, 6.45) is 0. The van der Waals surface area contributed by atoms with Gasteiger partial charge in [0.15, 0.2) is 0 Å². The standard InChI is InChI=1S/C32H33N3O3/c1-21-14-17-23(18-15-21)33-31(38)34-27-20-22(24-10-6-7-11-25(24)30(36)37)16-19-29(27)35(5)28-13-9-8-12-26(28)32(2,3)4/h6-20H,1-5H3,(H,36,37)(H2,33,34,38). The van der Waals surface area contributed by atoms with E-state index in [2.05, 4.69) is 48.4 Å². The minimum absolute atomic E-state index is 0.0956. The average molecular weight is 508 g/mol. The van der Waals surface area contributed by atoms with E-state index in [4.69, 9.17) is 0 Å². The molecule has 0 radical (unpaired) electrons. The number of nitrogens with zero attached hydrogens (tertiary/aromatic N) is 1. The van der Waals surface area contributed by atoms with Crippen LogP contribution in [0.4, 0.5) is 27.5 Å². The number of rotatable bonds is 6. The number of benzene rings is 4. The van der Waals surface area contributed by atoms with Crippen molar-refractivity contribution in [1.29, 1.82) is 0 Å². The van der Waals surface area contributed by atoms with Crippen LogP contribution in [-0.2, 0) is 5.41 Å². The van der Waals surface area contributed by atoms with Crippen LogP contribution in [0.2, 0.25) is 0 Å². The molecule has 0 atom stereocenters. The molecule has 0 fully saturated rings. The van der Waals surface area contributed by atoms with E-state index in [0.717, 1.165) is 22.5 Å². The van der Waals surface area contributed by atoms with Crippen LogP contribution in [0.15, 0.2) is 91.0 Å². The summed E-state index contributed by atoms with van der Waals surface area (Å²) in [5, 5.41) is 15.6. The first kappa shape index (κ1) is 26.5. The Bertz CT molecular complexity index is 1470. The molecule has 4 aromatic carbocycles. The van der Waals surface area contributed by atoms with Crippen LogP contribution in [0.5, 0.6) is 0 Å². The Morgan fingerprint density at radius 2 is 1.45 bits per heavy atom. The Labute approximate surface area is 223 Å². The molecule has 4 aromatic rings. The van der Waals surface area contributed by atoms with Gasteiger partial charge in [0.2, 0.25) is 0 Å². The molecule has 0 saturated carbocycles. The van der Waals surface area contributed by atoms with Crippen LogP contribution >= 0.6 is 0 Å². The molecule has 0 bridgehead atoms. The van der Waals surface area contributed by atoms with E-state index in [1.165, 1.54) is 0 Å². The van der Waals surface area contributed by atoms with Crippen molar-refractivity contribution in [3.63, 3.8) is 0 Å². The first-order chi connectivity index (χ1) is 18.0. The number of nitrogens with one attached hydrogen (secondary N) is 2. The maximum atomic E-state index is 13.1. The predicted molar refractivity (Wildman–Crippen MR) is 156 cm³/mol. The van der Waals surface area contributed by atoms with E-state index >= 15 is 0 Å². The van der Waals surface area contributed by atoms with Crippen LogP contribution < -0.4 is 15.5 Å². The number of carboxylic acid groups (broad SMARTS) is 1. The molecule has 0 aliphatic heterocycles. The summed E-state index contributed by atoms with van der Waals surface area (Å²) < 4.78 is 0. The summed E-state index contributed by atoms with van der Waals surface area (Å²) in [6, 6.07) is 27.8. The Kier molecular flexibility index (Phi) is 7.53. The summed E-state index contributed by atoms with van der Waals surface area (Å²) in [4.78, 5) is 27.0. The summed E-state index contributed by atoms with van der Waals surface area (Å²) >= 11 is 0. The zero-order chi connectivity index (χ0) is 27.4. The number of aromatic carboxylic acids is 1. The first-order valence-electron chi connectivity index (χ1n) is 12.5. The Morgan fingerprint density at radius 1 is 0.789 bits per heavy atom. The molecule has 3 N–H and O–H groups in total. The minimum Gasteiger partial charge on any atom is -0.478 e.